The van der Waals surface area contributed by atoms with E-state index in [1.54, 1.807) is 6.07 Å². The lowest BCUT2D eigenvalue weighted by Crippen LogP contribution is -1.94. The minimum absolute atomic E-state index is 0.0266. The number of benzene rings is 1. The van der Waals surface area contributed by atoms with Gasteiger partial charge in [0.15, 0.2) is 0 Å². The summed E-state index contributed by atoms with van der Waals surface area (Å²) in [7, 11) is 0. The predicted octanol–water partition coefficient (Wildman–Crippen LogP) is 4.20. The van der Waals surface area contributed by atoms with Crippen LogP contribution < -0.4 is 4.74 Å². The zero-order valence-electron chi connectivity index (χ0n) is 9.65. The third-order valence-corrected chi connectivity index (χ3v) is 3.39. The summed E-state index contributed by atoms with van der Waals surface area (Å²) in [6.45, 7) is 1.84. The summed E-state index contributed by atoms with van der Waals surface area (Å²) in [6.07, 6.45) is 0. The van der Waals surface area contributed by atoms with Crippen LogP contribution in [-0.4, -0.2) is 10.1 Å². The largest absolute Gasteiger partial charge is 0.438 e. The van der Waals surface area contributed by atoms with E-state index in [0.717, 1.165) is 20.2 Å². The van der Waals surface area contributed by atoms with Crippen LogP contribution in [0.15, 0.2) is 39.3 Å². The minimum atomic E-state index is -0.0266. The van der Waals surface area contributed by atoms with E-state index in [2.05, 4.69) is 36.8 Å². The summed E-state index contributed by atoms with van der Waals surface area (Å²) in [6, 6.07) is 9.18. The van der Waals surface area contributed by atoms with Crippen molar-refractivity contribution in [3.63, 3.8) is 0 Å². The lowest BCUT2D eigenvalue weighted by atomic mass is 10.2. The number of pyridine rings is 1. The van der Waals surface area contributed by atoms with Crippen LogP contribution in [0.3, 0.4) is 0 Å². The smallest absolute Gasteiger partial charge is 0.219 e. The van der Waals surface area contributed by atoms with E-state index in [9.17, 15) is 0 Å². The van der Waals surface area contributed by atoms with Crippen LogP contribution in [0, 0.1) is 6.92 Å². The van der Waals surface area contributed by atoms with Crippen LogP contribution in [-0.2, 0) is 6.61 Å². The van der Waals surface area contributed by atoms with Crippen molar-refractivity contribution in [3.8, 4) is 11.6 Å². The Balaban J connectivity index is 2.30. The molecule has 0 aliphatic carbocycles. The third-order valence-electron chi connectivity index (χ3n) is 2.28. The van der Waals surface area contributed by atoms with Crippen molar-refractivity contribution in [3.05, 3.63) is 50.5 Å². The molecule has 1 heterocycles. The normalized spacial score (nSPS) is 10.4. The molecule has 1 aromatic heterocycles. The van der Waals surface area contributed by atoms with E-state index in [4.69, 9.17) is 9.84 Å². The molecule has 0 saturated carbocycles. The first kappa shape index (κ1) is 13.5. The van der Waals surface area contributed by atoms with Crippen LogP contribution >= 0.6 is 31.9 Å². The van der Waals surface area contributed by atoms with Crippen molar-refractivity contribution >= 4 is 31.9 Å². The topological polar surface area (TPSA) is 42.4 Å². The van der Waals surface area contributed by atoms with Crippen LogP contribution in [0.4, 0.5) is 0 Å². The van der Waals surface area contributed by atoms with Gasteiger partial charge in [0, 0.05) is 16.2 Å². The van der Waals surface area contributed by atoms with Crippen molar-refractivity contribution in [1.82, 2.24) is 4.98 Å². The zero-order valence-corrected chi connectivity index (χ0v) is 12.8. The number of hydrogen-bond acceptors (Lipinski definition) is 3. The molecule has 0 spiro atoms. The quantitative estimate of drug-likeness (QED) is 0.877. The Labute approximate surface area is 122 Å². The molecule has 0 bridgehead atoms. The Hall–Kier alpha value is -0.910. The zero-order chi connectivity index (χ0) is 13.1. The molecule has 0 saturated heterocycles. The Morgan fingerprint density at radius 2 is 2.00 bits per heavy atom. The SMILES string of the molecule is Cc1cc(CO)cc(Oc2ccc(Br)cc2Br)n1. The van der Waals surface area contributed by atoms with Crippen molar-refractivity contribution in [2.75, 3.05) is 0 Å². The van der Waals surface area contributed by atoms with Gasteiger partial charge in [-0.25, -0.2) is 4.98 Å². The molecule has 5 heteroatoms. The second-order valence-electron chi connectivity index (χ2n) is 3.79. The molecule has 18 heavy (non-hydrogen) atoms. The Morgan fingerprint density at radius 3 is 2.67 bits per heavy atom. The maximum Gasteiger partial charge on any atom is 0.219 e. The number of aliphatic hydroxyl groups is 1. The van der Waals surface area contributed by atoms with Crippen LogP contribution in [0.1, 0.15) is 11.3 Å². The summed E-state index contributed by atoms with van der Waals surface area (Å²) in [5, 5.41) is 9.14. The first-order chi connectivity index (χ1) is 8.58. The molecular formula is C13H11Br2NO2. The van der Waals surface area contributed by atoms with E-state index in [1.165, 1.54) is 0 Å². The fraction of sp³-hybridized carbons (Fsp3) is 0.154. The van der Waals surface area contributed by atoms with Crippen molar-refractivity contribution in [2.24, 2.45) is 0 Å². The highest BCUT2D eigenvalue weighted by Gasteiger charge is 2.06. The van der Waals surface area contributed by atoms with E-state index in [1.807, 2.05) is 31.2 Å². The van der Waals surface area contributed by atoms with E-state index >= 15 is 0 Å². The number of halogens is 2. The Morgan fingerprint density at radius 1 is 1.22 bits per heavy atom. The van der Waals surface area contributed by atoms with Gasteiger partial charge in [-0.05, 0) is 52.7 Å². The Bertz CT molecular complexity index is 573. The van der Waals surface area contributed by atoms with Crippen LogP contribution in [0.5, 0.6) is 11.6 Å². The maximum atomic E-state index is 9.14. The lowest BCUT2D eigenvalue weighted by molar-refractivity contribution is 0.281. The Kier molecular flexibility index (Phi) is 4.37. The van der Waals surface area contributed by atoms with Gasteiger partial charge < -0.3 is 9.84 Å². The molecule has 0 fully saturated rings. The third kappa shape index (κ3) is 3.31. The average Bonchev–Trinajstić information content (AvgIpc) is 2.32. The van der Waals surface area contributed by atoms with Gasteiger partial charge in [-0.2, -0.15) is 0 Å². The summed E-state index contributed by atoms with van der Waals surface area (Å²) in [4.78, 5) is 4.27. The van der Waals surface area contributed by atoms with Gasteiger partial charge in [-0.15, -0.1) is 0 Å². The number of aryl methyl sites for hydroxylation is 1. The highest BCUT2D eigenvalue weighted by molar-refractivity contribution is 9.11. The number of rotatable bonds is 3. The van der Waals surface area contributed by atoms with E-state index < -0.39 is 0 Å². The highest BCUT2D eigenvalue weighted by Crippen LogP contribution is 2.31. The summed E-state index contributed by atoms with van der Waals surface area (Å²) < 4.78 is 7.50. The van der Waals surface area contributed by atoms with E-state index in [0.29, 0.717) is 11.6 Å². The molecule has 0 unspecified atom stereocenters. The van der Waals surface area contributed by atoms with Crippen molar-refractivity contribution < 1.29 is 9.84 Å². The fourth-order valence-electron chi connectivity index (χ4n) is 1.52. The molecule has 2 aromatic rings. The van der Waals surface area contributed by atoms with Gasteiger partial charge in [-0.3, -0.25) is 0 Å². The molecule has 3 nitrogen and oxygen atoms in total. The second-order valence-corrected chi connectivity index (χ2v) is 5.56. The molecule has 0 amide bonds. The first-order valence-corrected chi connectivity index (χ1v) is 6.88. The lowest BCUT2D eigenvalue weighted by Gasteiger charge is -2.09. The van der Waals surface area contributed by atoms with Gasteiger partial charge in [0.1, 0.15) is 5.75 Å². The molecule has 2 rings (SSSR count). The molecule has 0 atom stereocenters. The summed E-state index contributed by atoms with van der Waals surface area (Å²) in [5.41, 5.74) is 1.59. The van der Waals surface area contributed by atoms with Gasteiger partial charge in [0.05, 0.1) is 11.1 Å². The number of aromatic nitrogens is 1. The van der Waals surface area contributed by atoms with Crippen molar-refractivity contribution in [2.45, 2.75) is 13.5 Å². The minimum Gasteiger partial charge on any atom is -0.438 e. The maximum absolute atomic E-state index is 9.14. The number of ether oxygens (including phenoxy) is 1. The van der Waals surface area contributed by atoms with E-state index in [-0.39, 0.29) is 6.61 Å². The van der Waals surface area contributed by atoms with Gasteiger partial charge in [0.25, 0.3) is 0 Å². The van der Waals surface area contributed by atoms with Gasteiger partial charge in [-0.1, -0.05) is 15.9 Å². The van der Waals surface area contributed by atoms with Gasteiger partial charge >= 0.3 is 0 Å². The molecule has 0 radical (unpaired) electrons. The standard InChI is InChI=1S/C13H11Br2NO2/c1-8-4-9(7-17)5-13(16-8)18-12-3-2-10(14)6-11(12)15/h2-6,17H,7H2,1H3. The molecule has 1 aromatic carbocycles. The molecule has 1 N–H and O–H groups in total. The monoisotopic (exact) mass is 371 g/mol. The first-order valence-electron chi connectivity index (χ1n) is 5.30. The second kappa shape index (κ2) is 5.82. The van der Waals surface area contributed by atoms with Crippen molar-refractivity contribution in [1.29, 1.82) is 0 Å². The van der Waals surface area contributed by atoms with Crippen LogP contribution in [0.25, 0.3) is 0 Å². The number of nitrogens with zero attached hydrogens (tertiary/aromatic N) is 1. The molecule has 94 valence electrons. The molecular weight excluding hydrogens is 362 g/mol. The molecule has 0 aliphatic heterocycles. The number of hydrogen-bond donors (Lipinski definition) is 1. The van der Waals surface area contributed by atoms with Gasteiger partial charge in [0.2, 0.25) is 5.88 Å². The number of aliphatic hydroxyl groups excluding tert-OH is 1. The molecule has 0 aliphatic rings. The summed E-state index contributed by atoms with van der Waals surface area (Å²) in [5.74, 6) is 1.15. The predicted molar refractivity (Wildman–Crippen MR) is 76.8 cm³/mol. The average molecular weight is 373 g/mol. The summed E-state index contributed by atoms with van der Waals surface area (Å²) >= 11 is 6.81. The van der Waals surface area contributed by atoms with Crippen LogP contribution in [0.2, 0.25) is 0 Å². The highest BCUT2D eigenvalue weighted by atomic mass is 79.9. The fourth-order valence-corrected chi connectivity index (χ4v) is 2.65.